The van der Waals surface area contributed by atoms with E-state index in [1.54, 1.807) is 0 Å². The minimum Gasteiger partial charge on any atom is -0.135 e. The third-order valence-electron chi connectivity index (χ3n) is 4.95. The van der Waals surface area contributed by atoms with Crippen LogP contribution in [0.4, 0.5) is 0 Å². The van der Waals surface area contributed by atoms with Gasteiger partial charge in [-0.15, -0.1) is 11.3 Å². The molecule has 0 aliphatic rings. The van der Waals surface area contributed by atoms with Gasteiger partial charge in [0, 0.05) is 20.2 Å². The molecule has 0 nitrogen and oxygen atoms in total. The molecule has 1 heteroatoms. The van der Waals surface area contributed by atoms with E-state index in [-0.39, 0.29) is 0 Å². The zero-order valence-corrected chi connectivity index (χ0v) is 15.4. The Morgan fingerprint density at radius 1 is 0.654 bits per heavy atom. The lowest BCUT2D eigenvalue weighted by Gasteiger charge is -2.05. The van der Waals surface area contributed by atoms with E-state index in [0.29, 0.717) is 0 Å². The summed E-state index contributed by atoms with van der Waals surface area (Å²) in [7, 11) is 0. The van der Waals surface area contributed by atoms with Gasteiger partial charge in [0.15, 0.2) is 0 Å². The molecule has 0 N–H and O–H groups in total. The van der Waals surface area contributed by atoms with Crippen molar-refractivity contribution in [2.45, 2.75) is 6.92 Å². The van der Waals surface area contributed by atoms with E-state index in [1.807, 2.05) is 11.3 Å². The van der Waals surface area contributed by atoms with E-state index in [2.05, 4.69) is 97.9 Å². The van der Waals surface area contributed by atoms with Crippen LogP contribution in [0.25, 0.3) is 43.1 Å². The fourth-order valence-electron chi connectivity index (χ4n) is 3.62. The lowest BCUT2D eigenvalue weighted by atomic mass is 9.98. The summed E-state index contributed by atoms with van der Waals surface area (Å²) in [5.74, 6) is 0. The van der Waals surface area contributed by atoms with Crippen LogP contribution in [0.5, 0.6) is 0 Å². The molecule has 0 unspecified atom stereocenters. The van der Waals surface area contributed by atoms with Crippen LogP contribution >= 0.6 is 11.3 Å². The van der Waals surface area contributed by atoms with E-state index in [4.69, 9.17) is 0 Å². The quantitative estimate of drug-likeness (QED) is 0.286. The van der Waals surface area contributed by atoms with Gasteiger partial charge < -0.3 is 0 Å². The Bertz CT molecular complexity index is 1270. The number of benzene rings is 4. The molecule has 0 aliphatic carbocycles. The van der Waals surface area contributed by atoms with Crippen molar-refractivity contribution in [3.8, 4) is 0 Å². The fraction of sp³-hybridized carbons (Fsp3) is 0.0400. The third-order valence-corrected chi connectivity index (χ3v) is 6.08. The number of hydrogen-bond donors (Lipinski definition) is 0. The monoisotopic (exact) mass is 350 g/mol. The Morgan fingerprint density at radius 3 is 2.38 bits per heavy atom. The molecular weight excluding hydrogens is 332 g/mol. The molecule has 0 atom stereocenters. The molecule has 1 heterocycles. The van der Waals surface area contributed by atoms with E-state index in [0.717, 1.165) is 0 Å². The molecular formula is C25H18S. The van der Waals surface area contributed by atoms with Gasteiger partial charge in [-0.25, -0.2) is 0 Å². The van der Waals surface area contributed by atoms with Gasteiger partial charge in [0.05, 0.1) is 0 Å². The maximum absolute atomic E-state index is 2.26. The zero-order chi connectivity index (χ0) is 17.5. The van der Waals surface area contributed by atoms with Crippen molar-refractivity contribution in [2.24, 2.45) is 0 Å². The van der Waals surface area contributed by atoms with Gasteiger partial charge in [0.25, 0.3) is 0 Å². The number of hydrogen-bond acceptors (Lipinski definition) is 1. The second kappa shape index (κ2) is 6.12. The fourth-order valence-corrected chi connectivity index (χ4v) is 4.74. The molecule has 0 fully saturated rings. The molecule has 0 saturated carbocycles. The van der Waals surface area contributed by atoms with Crippen molar-refractivity contribution in [3.05, 3.63) is 95.6 Å². The number of rotatable bonds is 2. The standard InChI is InChI=1S/C25H18S/c1-17-9-11-18(12-10-17)13-14-19-5-4-6-20-15-16-23-25(24(19)20)21-7-2-3-8-22(21)26-23/h2-16H,1H3/b14-13+. The first-order valence-corrected chi connectivity index (χ1v) is 9.69. The summed E-state index contributed by atoms with van der Waals surface area (Å²) >= 11 is 1.88. The Balaban J connectivity index is 1.78. The molecule has 0 aliphatic heterocycles. The largest absolute Gasteiger partial charge is 0.135 e. The predicted molar refractivity (Wildman–Crippen MR) is 117 cm³/mol. The highest BCUT2D eigenvalue weighted by atomic mass is 32.1. The summed E-state index contributed by atoms with van der Waals surface area (Å²) in [6.07, 6.45) is 4.46. The van der Waals surface area contributed by atoms with Crippen LogP contribution in [0, 0.1) is 6.92 Å². The minimum absolute atomic E-state index is 1.23. The Morgan fingerprint density at radius 2 is 1.50 bits per heavy atom. The molecule has 4 aromatic carbocycles. The zero-order valence-electron chi connectivity index (χ0n) is 14.6. The second-order valence-electron chi connectivity index (χ2n) is 6.73. The topological polar surface area (TPSA) is 0 Å². The first-order valence-electron chi connectivity index (χ1n) is 8.87. The van der Waals surface area contributed by atoms with Gasteiger partial charge in [0.1, 0.15) is 0 Å². The summed E-state index contributed by atoms with van der Waals surface area (Å²) < 4.78 is 2.71. The lowest BCUT2D eigenvalue weighted by Crippen LogP contribution is -1.80. The van der Waals surface area contributed by atoms with Gasteiger partial charge in [0.2, 0.25) is 0 Å². The smallest absolute Gasteiger partial charge is 0.0362 e. The van der Waals surface area contributed by atoms with Gasteiger partial charge in [-0.1, -0.05) is 84.4 Å². The van der Waals surface area contributed by atoms with Crippen molar-refractivity contribution >= 4 is 54.4 Å². The normalized spacial score (nSPS) is 11.9. The molecule has 0 amide bonds. The van der Waals surface area contributed by atoms with Crippen LogP contribution in [0.1, 0.15) is 16.7 Å². The average molecular weight is 350 g/mol. The molecule has 26 heavy (non-hydrogen) atoms. The number of fused-ring (bicyclic) bond motifs is 5. The van der Waals surface area contributed by atoms with Crippen LogP contribution < -0.4 is 0 Å². The first kappa shape index (κ1) is 15.4. The van der Waals surface area contributed by atoms with Crippen molar-refractivity contribution in [3.63, 3.8) is 0 Å². The molecule has 124 valence electrons. The maximum atomic E-state index is 2.26. The van der Waals surface area contributed by atoms with Crippen molar-refractivity contribution in [2.75, 3.05) is 0 Å². The molecule has 0 spiro atoms. The lowest BCUT2D eigenvalue weighted by molar-refractivity contribution is 1.46. The molecule has 1 aromatic heterocycles. The van der Waals surface area contributed by atoms with Gasteiger partial charge in [-0.05, 0) is 41.0 Å². The summed E-state index contributed by atoms with van der Waals surface area (Å²) in [5, 5.41) is 5.39. The van der Waals surface area contributed by atoms with E-state index >= 15 is 0 Å². The maximum Gasteiger partial charge on any atom is 0.0362 e. The van der Waals surface area contributed by atoms with Gasteiger partial charge in [-0.2, -0.15) is 0 Å². The Hall–Kier alpha value is -2.90. The van der Waals surface area contributed by atoms with Crippen LogP contribution in [-0.2, 0) is 0 Å². The van der Waals surface area contributed by atoms with Crippen LogP contribution in [0.3, 0.4) is 0 Å². The third kappa shape index (κ3) is 2.53. The van der Waals surface area contributed by atoms with Crippen molar-refractivity contribution in [1.82, 2.24) is 0 Å². The summed E-state index contributed by atoms with van der Waals surface area (Å²) in [4.78, 5) is 0. The molecule has 0 bridgehead atoms. The van der Waals surface area contributed by atoms with Gasteiger partial charge in [-0.3, -0.25) is 0 Å². The van der Waals surface area contributed by atoms with Crippen LogP contribution in [0.15, 0.2) is 78.9 Å². The SMILES string of the molecule is Cc1ccc(/C=C/c2cccc3ccc4sc5ccccc5c4c23)cc1. The molecule has 5 aromatic rings. The van der Waals surface area contributed by atoms with E-state index in [9.17, 15) is 0 Å². The van der Waals surface area contributed by atoms with Gasteiger partial charge >= 0.3 is 0 Å². The first-order chi connectivity index (χ1) is 12.8. The summed E-state index contributed by atoms with van der Waals surface area (Å²) in [5.41, 5.74) is 3.80. The van der Waals surface area contributed by atoms with Crippen LogP contribution in [0.2, 0.25) is 0 Å². The summed E-state index contributed by atoms with van der Waals surface area (Å²) in [6, 6.07) is 28.5. The predicted octanol–water partition coefficient (Wildman–Crippen LogP) is 7.69. The molecule has 0 radical (unpaired) electrons. The number of aryl methyl sites for hydroxylation is 1. The van der Waals surface area contributed by atoms with Crippen molar-refractivity contribution < 1.29 is 0 Å². The van der Waals surface area contributed by atoms with E-state index in [1.165, 1.54) is 47.6 Å². The Labute approximate surface area is 157 Å². The highest BCUT2D eigenvalue weighted by Crippen LogP contribution is 2.39. The molecule has 0 saturated heterocycles. The minimum atomic E-state index is 1.23. The highest BCUT2D eigenvalue weighted by Gasteiger charge is 2.10. The molecule has 5 rings (SSSR count). The van der Waals surface area contributed by atoms with Crippen LogP contribution in [-0.4, -0.2) is 0 Å². The highest BCUT2D eigenvalue weighted by molar-refractivity contribution is 7.26. The van der Waals surface area contributed by atoms with Crippen molar-refractivity contribution in [1.29, 1.82) is 0 Å². The average Bonchev–Trinajstić information content (AvgIpc) is 3.06. The summed E-state index contributed by atoms with van der Waals surface area (Å²) in [6.45, 7) is 2.12. The Kier molecular flexibility index (Phi) is 3.62. The number of thiophene rings is 1. The second-order valence-corrected chi connectivity index (χ2v) is 7.81. The van der Waals surface area contributed by atoms with E-state index < -0.39 is 0 Å².